The van der Waals surface area contributed by atoms with E-state index in [9.17, 15) is 0 Å². The molecule has 0 aromatic carbocycles. The molecule has 0 aromatic heterocycles. The molecule has 0 bridgehead atoms. The molecule has 160 valence electrons. The van der Waals surface area contributed by atoms with Crippen molar-refractivity contribution in [2.75, 3.05) is 0 Å². The van der Waals surface area contributed by atoms with Crippen molar-refractivity contribution in [1.29, 1.82) is 0 Å². The van der Waals surface area contributed by atoms with Gasteiger partial charge in [-0.05, 0) is 37.5 Å². The first-order valence-corrected chi connectivity index (χ1v) is 12.5. The highest BCUT2D eigenvalue weighted by Crippen LogP contribution is 2.24. The molecule has 0 amide bonds. The number of allylic oxidation sites excluding steroid dienone is 2. The largest absolute Gasteiger partial charge is 0.0885 e. The Morgan fingerprint density at radius 1 is 0.593 bits per heavy atom. The maximum absolute atomic E-state index is 3.93. The second kappa shape index (κ2) is 22.0. The topological polar surface area (TPSA) is 0 Å². The molecule has 0 fully saturated rings. The minimum absolute atomic E-state index is 0.909. The van der Waals surface area contributed by atoms with Crippen LogP contribution in [0.3, 0.4) is 0 Å². The summed E-state index contributed by atoms with van der Waals surface area (Å²) in [6.07, 6.45) is 30.6. The molecule has 0 heteroatoms. The van der Waals surface area contributed by atoms with Gasteiger partial charge in [0.15, 0.2) is 0 Å². The quantitative estimate of drug-likeness (QED) is 0.138. The monoisotopic (exact) mass is 376 g/mol. The first-order chi connectivity index (χ1) is 13.2. The Morgan fingerprint density at radius 2 is 1.15 bits per heavy atom. The van der Waals surface area contributed by atoms with E-state index in [4.69, 9.17) is 0 Å². The fourth-order valence-electron chi connectivity index (χ4n) is 3.97. The first kappa shape index (κ1) is 26.7. The predicted molar refractivity (Wildman–Crippen MR) is 126 cm³/mol. The van der Waals surface area contributed by atoms with Gasteiger partial charge in [0, 0.05) is 0 Å². The van der Waals surface area contributed by atoms with Crippen LogP contribution in [0.25, 0.3) is 0 Å². The molecule has 2 atom stereocenters. The summed E-state index contributed by atoms with van der Waals surface area (Å²) >= 11 is 0. The van der Waals surface area contributed by atoms with Gasteiger partial charge in [-0.15, -0.1) is 0 Å². The molecule has 0 saturated heterocycles. The fourth-order valence-corrected chi connectivity index (χ4v) is 3.97. The lowest BCUT2D eigenvalue weighted by Crippen LogP contribution is -2.03. The second-order valence-corrected chi connectivity index (χ2v) is 8.83. The van der Waals surface area contributed by atoms with Crippen molar-refractivity contribution in [2.45, 2.75) is 136 Å². The molecule has 0 aromatic rings. The maximum Gasteiger partial charge on any atom is -0.0351 e. The third-order valence-corrected chi connectivity index (χ3v) is 6.11. The van der Waals surface area contributed by atoms with Crippen LogP contribution in [0.1, 0.15) is 136 Å². The Morgan fingerprint density at radius 3 is 1.78 bits per heavy atom. The van der Waals surface area contributed by atoms with Gasteiger partial charge in [0.25, 0.3) is 0 Å². The van der Waals surface area contributed by atoms with Crippen LogP contribution in [0.2, 0.25) is 0 Å². The highest BCUT2D eigenvalue weighted by atomic mass is 14.1. The number of rotatable bonds is 21. The van der Waals surface area contributed by atoms with E-state index in [1.807, 2.05) is 0 Å². The van der Waals surface area contributed by atoms with Gasteiger partial charge in [-0.25, -0.2) is 0 Å². The average Bonchev–Trinajstić information content (AvgIpc) is 2.68. The molecule has 0 saturated carbocycles. The average molecular weight is 377 g/mol. The molecule has 2 radical (unpaired) electrons. The number of hydrogen-bond acceptors (Lipinski definition) is 0. The third kappa shape index (κ3) is 20.3. The molecule has 0 aliphatic rings. The van der Waals surface area contributed by atoms with E-state index in [0.717, 1.165) is 24.7 Å². The van der Waals surface area contributed by atoms with Crippen molar-refractivity contribution in [3.63, 3.8) is 0 Å². The molecule has 0 N–H and O–H groups in total. The normalized spacial score (nSPS) is 14.1. The van der Waals surface area contributed by atoms with Gasteiger partial charge < -0.3 is 0 Å². The molecule has 0 nitrogen and oxygen atoms in total. The van der Waals surface area contributed by atoms with Crippen molar-refractivity contribution in [3.8, 4) is 0 Å². The lowest BCUT2D eigenvalue weighted by molar-refractivity contribution is 0.355. The molecular formula is C27H52. The van der Waals surface area contributed by atoms with Crippen LogP contribution < -0.4 is 0 Å². The smallest absolute Gasteiger partial charge is 0.0351 e. The minimum atomic E-state index is 0.909. The zero-order valence-corrected chi connectivity index (χ0v) is 19.2. The summed E-state index contributed by atoms with van der Waals surface area (Å²) in [6, 6.07) is 0. The van der Waals surface area contributed by atoms with E-state index in [1.54, 1.807) is 0 Å². The van der Waals surface area contributed by atoms with E-state index in [-0.39, 0.29) is 0 Å². The van der Waals surface area contributed by atoms with Gasteiger partial charge in [0.05, 0.1) is 0 Å². The number of unbranched alkanes of at least 4 members (excludes halogenated alkanes) is 11. The summed E-state index contributed by atoms with van der Waals surface area (Å²) in [6.45, 7) is 12.7. The summed E-state index contributed by atoms with van der Waals surface area (Å²) in [5.41, 5.74) is 0. The van der Waals surface area contributed by atoms with Crippen molar-refractivity contribution in [1.82, 2.24) is 0 Å². The van der Waals surface area contributed by atoms with E-state index < -0.39 is 0 Å². The highest BCUT2D eigenvalue weighted by molar-refractivity contribution is 4.81. The summed E-state index contributed by atoms with van der Waals surface area (Å²) in [5.74, 6) is 1.89. The second-order valence-electron chi connectivity index (χ2n) is 8.83. The van der Waals surface area contributed by atoms with E-state index in [1.165, 1.54) is 109 Å². The Kier molecular flexibility index (Phi) is 21.8. The molecule has 0 rings (SSSR count). The van der Waals surface area contributed by atoms with Crippen LogP contribution >= 0.6 is 0 Å². The molecule has 0 aliphatic heterocycles. The van der Waals surface area contributed by atoms with Gasteiger partial charge in [0.2, 0.25) is 0 Å². The van der Waals surface area contributed by atoms with Gasteiger partial charge in [-0.2, -0.15) is 0 Å². The summed E-state index contributed by atoms with van der Waals surface area (Å²) in [4.78, 5) is 0. The third-order valence-electron chi connectivity index (χ3n) is 6.11. The van der Waals surface area contributed by atoms with Crippen molar-refractivity contribution in [3.05, 3.63) is 26.0 Å². The summed E-state index contributed by atoms with van der Waals surface area (Å²) < 4.78 is 0. The van der Waals surface area contributed by atoms with Crippen LogP contribution in [-0.4, -0.2) is 0 Å². The summed E-state index contributed by atoms with van der Waals surface area (Å²) in [7, 11) is 0. The lowest BCUT2D eigenvalue weighted by Gasteiger charge is -2.17. The molecule has 0 aliphatic carbocycles. The SMILES string of the molecule is [CH2]CCCCC/C=C/CCCC(C)CCC(CC)CCCCCCCC[CH2]. The van der Waals surface area contributed by atoms with E-state index in [0.29, 0.717) is 0 Å². The van der Waals surface area contributed by atoms with Crippen molar-refractivity contribution < 1.29 is 0 Å². The van der Waals surface area contributed by atoms with Crippen LogP contribution in [0.5, 0.6) is 0 Å². The predicted octanol–water partition coefficient (Wildman–Crippen LogP) is 9.89. The molecule has 27 heavy (non-hydrogen) atoms. The van der Waals surface area contributed by atoms with E-state index in [2.05, 4.69) is 39.8 Å². The van der Waals surface area contributed by atoms with Crippen LogP contribution in [-0.2, 0) is 0 Å². The molecule has 0 spiro atoms. The fraction of sp³-hybridized carbons (Fsp3) is 0.852. The van der Waals surface area contributed by atoms with E-state index >= 15 is 0 Å². The van der Waals surface area contributed by atoms with Gasteiger partial charge in [0.1, 0.15) is 0 Å². The zero-order chi connectivity index (χ0) is 20.0. The minimum Gasteiger partial charge on any atom is -0.0885 e. The Balaban J connectivity index is 3.53. The van der Waals surface area contributed by atoms with Crippen LogP contribution in [0.15, 0.2) is 12.2 Å². The Hall–Kier alpha value is -0.260. The van der Waals surface area contributed by atoms with Crippen molar-refractivity contribution >= 4 is 0 Å². The van der Waals surface area contributed by atoms with Gasteiger partial charge in [-0.3, -0.25) is 0 Å². The Labute approximate surface area is 174 Å². The Bertz CT molecular complexity index is 290. The molecular weight excluding hydrogens is 324 g/mol. The van der Waals surface area contributed by atoms with Crippen LogP contribution in [0.4, 0.5) is 0 Å². The number of hydrogen-bond donors (Lipinski definition) is 0. The van der Waals surface area contributed by atoms with Crippen molar-refractivity contribution in [2.24, 2.45) is 11.8 Å². The molecule has 0 heterocycles. The lowest BCUT2D eigenvalue weighted by atomic mass is 9.88. The first-order valence-electron chi connectivity index (χ1n) is 12.5. The van der Waals surface area contributed by atoms with Gasteiger partial charge in [-0.1, -0.05) is 136 Å². The van der Waals surface area contributed by atoms with Gasteiger partial charge >= 0.3 is 0 Å². The maximum atomic E-state index is 3.93. The standard InChI is InChI=1S/C27H52/c1-5-8-10-12-14-15-17-18-20-22-26(4)24-25-27(7-3)23-21-19-16-13-11-9-6-2/h15,17,26-27H,1-2,5-14,16,18-25H2,3-4H3/b17-15+. The highest BCUT2D eigenvalue weighted by Gasteiger charge is 2.09. The summed E-state index contributed by atoms with van der Waals surface area (Å²) in [5, 5.41) is 0. The van der Waals surface area contributed by atoms with Crippen LogP contribution in [0, 0.1) is 25.7 Å². The zero-order valence-electron chi connectivity index (χ0n) is 19.2. The molecule has 2 unspecified atom stereocenters.